The fourth-order valence-corrected chi connectivity index (χ4v) is 1.03. The van der Waals surface area contributed by atoms with Crippen LogP contribution in [0.4, 0.5) is 9.18 Å². The van der Waals surface area contributed by atoms with Crippen molar-refractivity contribution in [3.8, 4) is 0 Å². The van der Waals surface area contributed by atoms with Crippen molar-refractivity contribution < 1.29 is 14.3 Å². The lowest BCUT2D eigenvalue weighted by Gasteiger charge is -1.96. The van der Waals surface area contributed by atoms with Crippen molar-refractivity contribution in [2.75, 3.05) is 0 Å². The number of benzene rings is 1. The van der Waals surface area contributed by atoms with E-state index in [0.717, 1.165) is 6.07 Å². The first-order valence-electron chi connectivity index (χ1n) is 3.13. The standard InChI is InChI=1S/C6H2Cl3F.CH3NO2/c7-3-1-5(9)6(10)2-4(3)8;2-1(3)4/h1-2H;2H2,(H,3,4). The van der Waals surface area contributed by atoms with E-state index in [1.807, 2.05) is 0 Å². The quantitative estimate of drug-likeness (QED) is 0.702. The van der Waals surface area contributed by atoms with E-state index in [0.29, 0.717) is 0 Å². The monoisotopic (exact) mass is 259 g/mol. The first kappa shape index (κ1) is 13.3. The average molecular weight is 260 g/mol. The van der Waals surface area contributed by atoms with Gasteiger partial charge >= 0.3 is 6.09 Å². The number of primary amides is 1. The summed E-state index contributed by atoms with van der Waals surface area (Å²) in [7, 11) is 0. The van der Waals surface area contributed by atoms with Gasteiger partial charge in [-0.3, -0.25) is 0 Å². The van der Waals surface area contributed by atoms with Gasteiger partial charge in [0.1, 0.15) is 5.82 Å². The predicted octanol–water partition coefficient (Wildman–Crippen LogP) is 3.41. The van der Waals surface area contributed by atoms with E-state index in [1.165, 1.54) is 6.07 Å². The summed E-state index contributed by atoms with van der Waals surface area (Å²) in [6.07, 6.45) is -1.33. The molecule has 1 rings (SSSR count). The summed E-state index contributed by atoms with van der Waals surface area (Å²) in [4.78, 5) is 8.78. The summed E-state index contributed by atoms with van der Waals surface area (Å²) in [5.41, 5.74) is 4.03. The first-order valence-corrected chi connectivity index (χ1v) is 4.26. The van der Waals surface area contributed by atoms with Crippen LogP contribution < -0.4 is 5.73 Å². The number of halogens is 4. The fourth-order valence-electron chi connectivity index (χ4n) is 0.498. The van der Waals surface area contributed by atoms with Crippen LogP contribution in [0.3, 0.4) is 0 Å². The molecule has 0 fully saturated rings. The molecular weight excluding hydrogens is 255 g/mol. The molecule has 3 N–H and O–H groups in total. The third-order valence-electron chi connectivity index (χ3n) is 0.963. The smallest absolute Gasteiger partial charge is 0.402 e. The predicted molar refractivity (Wildman–Crippen MR) is 53.6 cm³/mol. The Labute approximate surface area is 94.2 Å². The highest BCUT2D eigenvalue weighted by Gasteiger charge is 2.03. The molecule has 1 amide bonds. The summed E-state index contributed by atoms with van der Waals surface area (Å²) in [5, 5.41) is 7.60. The molecule has 0 aliphatic carbocycles. The van der Waals surface area contributed by atoms with E-state index in [-0.39, 0.29) is 15.1 Å². The highest BCUT2D eigenvalue weighted by atomic mass is 35.5. The molecule has 1 aromatic rings. The second-order valence-corrected chi connectivity index (χ2v) is 3.24. The lowest BCUT2D eigenvalue weighted by Crippen LogP contribution is -2.03. The Morgan fingerprint density at radius 3 is 1.93 bits per heavy atom. The van der Waals surface area contributed by atoms with Gasteiger partial charge in [-0.15, -0.1) is 0 Å². The Hall–Kier alpha value is -0.710. The van der Waals surface area contributed by atoms with E-state index >= 15 is 0 Å². The van der Waals surface area contributed by atoms with Gasteiger partial charge in [0.2, 0.25) is 0 Å². The Morgan fingerprint density at radius 1 is 1.21 bits per heavy atom. The third-order valence-corrected chi connectivity index (χ3v) is 1.98. The highest BCUT2D eigenvalue weighted by Crippen LogP contribution is 2.27. The van der Waals surface area contributed by atoms with E-state index in [9.17, 15) is 4.39 Å². The number of carboxylic acid groups (broad SMARTS) is 1. The first-order chi connectivity index (χ1) is 6.34. The summed E-state index contributed by atoms with van der Waals surface area (Å²) < 4.78 is 12.5. The molecule has 1 aromatic carbocycles. The molecule has 0 heterocycles. The van der Waals surface area contributed by atoms with Gasteiger partial charge in [-0.2, -0.15) is 0 Å². The Balaban J connectivity index is 0.000000364. The van der Waals surface area contributed by atoms with Crippen molar-refractivity contribution in [2.45, 2.75) is 0 Å². The zero-order chi connectivity index (χ0) is 11.3. The number of hydrogen-bond acceptors (Lipinski definition) is 1. The van der Waals surface area contributed by atoms with Crippen LogP contribution in [0.5, 0.6) is 0 Å². The Bertz CT molecular complexity index is 292. The van der Waals surface area contributed by atoms with Gasteiger partial charge in [-0.05, 0) is 12.1 Å². The molecule has 0 aliphatic heterocycles. The van der Waals surface area contributed by atoms with Gasteiger partial charge in [-0.1, -0.05) is 34.8 Å². The Kier molecular flexibility index (Phi) is 5.60. The number of carbonyl (C=O) groups is 1. The molecule has 0 spiro atoms. The van der Waals surface area contributed by atoms with Gasteiger partial charge in [-0.25, -0.2) is 9.18 Å². The van der Waals surface area contributed by atoms with Gasteiger partial charge in [0, 0.05) is 0 Å². The minimum atomic E-state index is -1.33. The van der Waals surface area contributed by atoms with Gasteiger partial charge in [0.25, 0.3) is 0 Å². The maximum Gasteiger partial charge on any atom is 0.402 e. The van der Waals surface area contributed by atoms with Crippen molar-refractivity contribution in [3.63, 3.8) is 0 Å². The minimum Gasteiger partial charge on any atom is -0.465 e. The van der Waals surface area contributed by atoms with Crippen LogP contribution in [0.25, 0.3) is 0 Å². The van der Waals surface area contributed by atoms with Crippen LogP contribution in [-0.2, 0) is 0 Å². The zero-order valence-corrected chi connectivity index (χ0v) is 8.87. The molecule has 0 saturated carbocycles. The molecule has 7 heteroatoms. The molecule has 0 unspecified atom stereocenters. The van der Waals surface area contributed by atoms with E-state index in [2.05, 4.69) is 5.73 Å². The van der Waals surface area contributed by atoms with Crippen molar-refractivity contribution >= 4 is 40.9 Å². The van der Waals surface area contributed by atoms with Gasteiger partial charge < -0.3 is 10.8 Å². The van der Waals surface area contributed by atoms with Crippen molar-refractivity contribution in [3.05, 3.63) is 33.0 Å². The number of amides is 1. The molecule has 0 saturated heterocycles. The summed E-state index contributed by atoms with van der Waals surface area (Å²) >= 11 is 16.3. The lowest BCUT2D eigenvalue weighted by molar-refractivity contribution is 0.205. The maximum atomic E-state index is 12.5. The Morgan fingerprint density at radius 2 is 1.57 bits per heavy atom. The number of nitrogens with two attached hydrogens (primary N) is 1. The molecule has 0 aliphatic rings. The second kappa shape index (κ2) is 5.90. The van der Waals surface area contributed by atoms with Crippen LogP contribution in [0.1, 0.15) is 0 Å². The molecular formula is C7H5Cl3FNO2. The van der Waals surface area contributed by atoms with Crippen LogP contribution >= 0.6 is 34.8 Å². The van der Waals surface area contributed by atoms with Gasteiger partial charge in [0.05, 0.1) is 15.1 Å². The SMILES string of the molecule is Fc1cc(Cl)c(Cl)cc1Cl.NC(=O)O. The van der Waals surface area contributed by atoms with Crippen LogP contribution in [0.15, 0.2) is 12.1 Å². The molecule has 14 heavy (non-hydrogen) atoms. The molecule has 78 valence electrons. The van der Waals surface area contributed by atoms with E-state index in [1.54, 1.807) is 0 Å². The molecule has 0 radical (unpaired) electrons. The number of rotatable bonds is 0. The van der Waals surface area contributed by atoms with Crippen molar-refractivity contribution in [1.82, 2.24) is 0 Å². The highest BCUT2D eigenvalue weighted by molar-refractivity contribution is 6.43. The van der Waals surface area contributed by atoms with Crippen molar-refractivity contribution in [1.29, 1.82) is 0 Å². The van der Waals surface area contributed by atoms with E-state index in [4.69, 9.17) is 44.7 Å². The summed E-state index contributed by atoms with van der Waals surface area (Å²) in [6, 6.07) is 2.34. The van der Waals surface area contributed by atoms with Crippen molar-refractivity contribution in [2.24, 2.45) is 5.73 Å². The van der Waals surface area contributed by atoms with Gasteiger partial charge in [0.15, 0.2) is 0 Å². The topological polar surface area (TPSA) is 63.3 Å². The zero-order valence-electron chi connectivity index (χ0n) is 6.60. The van der Waals surface area contributed by atoms with Crippen LogP contribution in [-0.4, -0.2) is 11.2 Å². The second-order valence-electron chi connectivity index (χ2n) is 2.02. The maximum absolute atomic E-state index is 12.5. The lowest BCUT2D eigenvalue weighted by atomic mass is 10.3. The number of hydrogen-bond donors (Lipinski definition) is 2. The summed E-state index contributed by atoms with van der Waals surface area (Å²) in [5.74, 6) is -0.559. The average Bonchev–Trinajstić information content (AvgIpc) is 2.00. The largest absolute Gasteiger partial charge is 0.465 e. The summed E-state index contributed by atoms with van der Waals surface area (Å²) in [6.45, 7) is 0. The minimum absolute atomic E-state index is 0.0191. The molecule has 3 nitrogen and oxygen atoms in total. The van der Waals surface area contributed by atoms with Crippen LogP contribution in [0, 0.1) is 5.82 Å². The molecule has 0 atom stereocenters. The molecule has 0 aromatic heterocycles. The third kappa shape index (κ3) is 5.11. The molecule has 0 bridgehead atoms. The van der Waals surface area contributed by atoms with Crippen LogP contribution in [0.2, 0.25) is 15.1 Å². The van der Waals surface area contributed by atoms with E-state index < -0.39 is 11.9 Å². The normalized spacial score (nSPS) is 8.86. The fraction of sp³-hybridized carbons (Fsp3) is 0.